The van der Waals surface area contributed by atoms with Gasteiger partial charge in [-0.3, -0.25) is 14.4 Å². The molecule has 0 amide bonds. The first-order chi connectivity index (χ1) is 8.25. The van der Waals surface area contributed by atoms with Crippen LogP contribution in [0.3, 0.4) is 0 Å². The summed E-state index contributed by atoms with van der Waals surface area (Å²) in [5, 5.41) is 18.8. The van der Waals surface area contributed by atoms with E-state index in [1.165, 1.54) is 26.0 Å². The number of carbonyl (C=O) groups is 3. The Bertz CT molecular complexity index is 409. The molecule has 1 rings (SSSR count). The second-order valence-corrected chi connectivity index (χ2v) is 4.86. The van der Waals surface area contributed by atoms with Crippen molar-refractivity contribution in [3.05, 3.63) is 12.2 Å². The molecule has 0 spiro atoms. The molecule has 0 aromatic heterocycles. The van der Waals surface area contributed by atoms with E-state index in [0.29, 0.717) is 0 Å². The second-order valence-electron chi connectivity index (χ2n) is 4.86. The lowest BCUT2D eigenvalue weighted by molar-refractivity contribution is -0.167. The van der Waals surface area contributed by atoms with Crippen LogP contribution >= 0.6 is 0 Å². The number of allylic oxidation sites excluding steroid dienone is 1. The van der Waals surface area contributed by atoms with Gasteiger partial charge in [0.05, 0.1) is 5.41 Å². The number of carboxylic acid groups (broad SMARTS) is 2. The molecule has 3 unspecified atom stereocenters. The summed E-state index contributed by atoms with van der Waals surface area (Å²) < 4.78 is 0. The molecule has 0 aromatic carbocycles. The number of carbonyl (C=O) groups excluding carboxylic acids is 1. The highest BCUT2D eigenvalue weighted by atomic mass is 16.4. The molecule has 1 aliphatic carbocycles. The molecule has 5 nitrogen and oxygen atoms in total. The first kappa shape index (κ1) is 14.4. The quantitative estimate of drug-likeness (QED) is 0.588. The van der Waals surface area contributed by atoms with Crippen LogP contribution in [-0.4, -0.2) is 27.9 Å². The highest BCUT2D eigenvalue weighted by molar-refractivity contribution is 6.03. The molecule has 3 atom stereocenters. The maximum Gasteiger partial charge on any atom is 0.317 e. The zero-order chi connectivity index (χ0) is 14.1. The van der Waals surface area contributed by atoms with Gasteiger partial charge in [0.1, 0.15) is 11.2 Å². The van der Waals surface area contributed by atoms with Crippen LogP contribution in [0.1, 0.15) is 33.6 Å². The number of hydrogen-bond donors (Lipinski definition) is 2. The Morgan fingerprint density at radius 3 is 2.17 bits per heavy atom. The van der Waals surface area contributed by atoms with Crippen LogP contribution in [0.2, 0.25) is 0 Å². The number of hydrogen-bond acceptors (Lipinski definition) is 3. The van der Waals surface area contributed by atoms with E-state index in [1.54, 1.807) is 6.92 Å². The van der Waals surface area contributed by atoms with Crippen molar-refractivity contribution in [2.45, 2.75) is 33.6 Å². The predicted molar refractivity (Wildman–Crippen MR) is 64.0 cm³/mol. The molecule has 0 fully saturated rings. The van der Waals surface area contributed by atoms with Gasteiger partial charge < -0.3 is 10.2 Å². The summed E-state index contributed by atoms with van der Waals surface area (Å²) in [6.45, 7) is 4.44. The Hall–Kier alpha value is -1.65. The molecule has 2 N–H and O–H groups in total. The molecule has 18 heavy (non-hydrogen) atoms. The third kappa shape index (κ3) is 1.65. The minimum absolute atomic E-state index is 0.0495. The van der Waals surface area contributed by atoms with Gasteiger partial charge in [-0.05, 0) is 25.7 Å². The van der Waals surface area contributed by atoms with Crippen LogP contribution in [0, 0.1) is 16.7 Å². The van der Waals surface area contributed by atoms with E-state index in [0.717, 1.165) is 0 Å². The zero-order valence-corrected chi connectivity index (χ0v) is 10.8. The summed E-state index contributed by atoms with van der Waals surface area (Å²) in [5.74, 6) is -3.61. The van der Waals surface area contributed by atoms with Crippen LogP contribution in [0.5, 0.6) is 0 Å². The fraction of sp³-hybridized carbons (Fsp3) is 0.615. The molecule has 0 heterocycles. The maximum absolute atomic E-state index is 11.8. The number of carboxylic acids is 2. The zero-order valence-electron chi connectivity index (χ0n) is 10.8. The molecule has 0 radical (unpaired) electrons. The van der Waals surface area contributed by atoms with Crippen LogP contribution in [-0.2, 0) is 14.4 Å². The Morgan fingerprint density at radius 2 is 1.83 bits per heavy atom. The maximum atomic E-state index is 11.8. The van der Waals surface area contributed by atoms with E-state index < -0.39 is 34.5 Å². The van der Waals surface area contributed by atoms with Crippen LogP contribution in [0.4, 0.5) is 0 Å². The fourth-order valence-electron chi connectivity index (χ4n) is 2.92. The van der Waals surface area contributed by atoms with E-state index in [4.69, 9.17) is 0 Å². The molecule has 1 aliphatic rings. The number of aliphatic carboxylic acids is 2. The van der Waals surface area contributed by atoms with Crippen molar-refractivity contribution in [1.29, 1.82) is 0 Å². The Morgan fingerprint density at radius 1 is 1.28 bits per heavy atom. The molecule has 100 valence electrons. The molecule has 0 saturated heterocycles. The monoisotopic (exact) mass is 254 g/mol. The van der Waals surface area contributed by atoms with Gasteiger partial charge in [0.2, 0.25) is 0 Å². The average Bonchev–Trinajstić information content (AvgIpc) is 2.28. The summed E-state index contributed by atoms with van der Waals surface area (Å²) in [4.78, 5) is 34.8. The molecular formula is C13H18O5. The lowest BCUT2D eigenvalue weighted by Crippen LogP contribution is -2.54. The highest BCUT2D eigenvalue weighted by Gasteiger charge is 2.58. The van der Waals surface area contributed by atoms with Crippen molar-refractivity contribution in [2.75, 3.05) is 0 Å². The van der Waals surface area contributed by atoms with Crippen LogP contribution < -0.4 is 0 Å². The number of ketones is 1. The summed E-state index contributed by atoms with van der Waals surface area (Å²) >= 11 is 0. The first-order valence-corrected chi connectivity index (χ1v) is 5.91. The van der Waals surface area contributed by atoms with E-state index in [1.807, 2.05) is 0 Å². The smallest absolute Gasteiger partial charge is 0.317 e. The summed E-state index contributed by atoms with van der Waals surface area (Å²) in [5.41, 5.74) is -2.93. The number of Topliss-reactive ketones (excluding diaryl/α,β-unsaturated/α-hetero) is 1. The van der Waals surface area contributed by atoms with E-state index in [-0.39, 0.29) is 12.8 Å². The third-order valence-corrected chi connectivity index (χ3v) is 4.36. The molecule has 5 heteroatoms. The molecule has 0 aromatic rings. The standard InChI is InChI=1S/C13H18O5/c1-4-12(10(15)16)6-5-7-13(8(12)2,9(3)14)11(17)18/h5-6,8H,4,7H2,1-3H3,(H,15,16)(H,17,18). The SMILES string of the molecule is CCC1(C(=O)O)C=CCC(C(C)=O)(C(=O)O)C1C. The van der Waals surface area contributed by atoms with Gasteiger partial charge in [-0.1, -0.05) is 26.0 Å². The lowest BCUT2D eigenvalue weighted by atomic mass is 9.55. The molecule has 0 bridgehead atoms. The van der Waals surface area contributed by atoms with Gasteiger partial charge in [-0.25, -0.2) is 0 Å². The van der Waals surface area contributed by atoms with E-state index >= 15 is 0 Å². The lowest BCUT2D eigenvalue weighted by Gasteiger charge is -2.44. The van der Waals surface area contributed by atoms with Gasteiger partial charge in [-0.15, -0.1) is 0 Å². The Kier molecular flexibility index (Phi) is 3.64. The van der Waals surface area contributed by atoms with Crippen molar-refractivity contribution in [3.8, 4) is 0 Å². The topological polar surface area (TPSA) is 91.7 Å². The van der Waals surface area contributed by atoms with Crippen molar-refractivity contribution >= 4 is 17.7 Å². The second kappa shape index (κ2) is 4.55. The predicted octanol–water partition coefficient (Wildman–Crippen LogP) is 1.72. The molecule has 0 aliphatic heterocycles. The van der Waals surface area contributed by atoms with Gasteiger partial charge in [0.25, 0.3) is 0 Å². The number of rotatable bonds is 4. The van der Waals surface area contributed by atoms with Crippen molar-refractivity contribution in [2.24, 2.45) is 16.7 Å². The van der Waals surface area contributed by atoms with Gasteiger partial charge in [0.15, 0.2) is 0 Å². The largest absolute Gasteiger partial charge is 0.481 e. The fourth-order valence-corrected chi connectivity index (χ4v) is 2.92. The third-order valence-electron chi connectivity index (χ3n) is 4.36. The van der Waals surface area contributed by atoms with Crippen molar-refractivity contribution in [1.82, 2.24) is 0 Å². The van der Waals surface area contributed by atoms with E-state index in [2.05, 4.69) is 0 Å². The summed E-state index contributed by atoms with van der Waals surface area (Å²) in [6.07, 6.45) is 3.34. The summed E-state index contributed by atoms with van der Waals surface area (Å²) in [7, 11) is 0. The van der Waals surface area contributed by atoms with Gasteiger partial charge in [0, 0.05) is 0 Å². The van der Waals surface area contributed by atoms with E-state index in [9.17, 15) is 24.6 Å². The molecular weight excluding hydrogens is 236 g/mol. The molecule has 0 saturated carbocycles. The van der Waals surface area contributed by atoms with Crippen molar-refractivity contribution < 1.29 is 24.6 Å². The Labute approximate surface area is 105 Å². The Balaban J connectivity index is 3.46. The van der Waals surface area contributed by atoms with Gasteiger partial charge >= 0.3 is 11.9 Å². The highest BCUT2D eigenvalue weighted by Crippen LogP contribution is 2.50. The minimum Gasteiger partial charge on any atom is -0.481 e. The van der Waals surface area contributed by atoms with Crippen molar-refractivity contribution in [3.63, 3.8) is 0 Å². The normalized spacial score (nSPS) is 35.2. The van der Waals surface area contributed by atoms with Gasteiger partial charge in [-0.2, -0.15) is 0 Å². The average molecular weight is 254 g/mol. The summed E-state index contributed by atoms with van der Waals surface area (Å²) in [6, 6.07) is 0. The van der Waals surface area contributed by atoms with Crippen LogP contribution in [0.25, 0.3) is 0 Å². The minimum atomic E-state index is -1.64. The van der Waals surface area contributed by atoms with Crippen LogP contribution in [0.15, 0.2) is 12.2 Å². The first-order valence-electron chi connectivity index (χ1n) is 5.91.